The molecule has 1 aliphatic carbocycles. The number of hydrogen-bond acceptors (Lipinski definition) is 4. The maximum Gasteiger partial charge on any atom is 0.255 e. The lowest BCUT2D eigenvalue weighted by Crippen LogP contribution is -2.11. The highest BCUT2D eigenvalue weighted by molar-refractivity contribution is 7.98. The van der Waals surface area contributed by atoms with Gasteiger partial charge < -0.3 is 5.32 Å². The lowest BCUT2D eigenvalue weighted by molar-refractivity contribution is 0.102. The van der Waals surface area contributed by atoms with E-state index < -0.39 is 0 Å². The van der Waals surface area contributed by atoms with E-state index in [1.54, 1.807) is 11.8 Å². The van der Waals surface area contributed by atoms with E-state index in [1.807, 2.05) is 72.8 Å². The minimum atomic E-state index is -0.108. The Morgan fingerprint density at radius 3 is 2.26 bits per heavy atom. The van der Waals surface area contributed by atoms with Gasteiger partial charge in [-0.1, -0.05) is 60.3 Å². The number of aromatic nitrogens is 3. The van der Waals surface area contributed by atoms with Crippen molar-refractivity contribution in [3.05, 3.63) is 102 Å². The molecule has 31 heavy (non-hydrogen) atoms. The van der Waals surface area contributed by atoms with E-state index in [1.165, 1.54) is 12.8 Å². The number of anilines is 1. The number of amides is 1. The molecular weight excluding hydrogens is 404 g/mol. The van der Waals surface area contributed by atoms with Gasteiger partial charge in [-0.2, -0.15) is 0 Å². The smallest absolute Gasteiger partial charge is 0.255 e. The van der Waals surface area contributed by atoms with E-state index in [0.717, 1.165) is 33.7 Å². The average molecular weight is 427 g/mol. The SMILES string of the molecule is O=C(Nc1ccccc1)c1ccc(CSc2nnc(C3CC3)n2-c2ccccc2)cc1. The molecule has 1 heterocycles. The largest absolute Gasteiger partial charge is 0.322 e. The van der Waals surface area contributed by atoms with Crippen LogP contribution in [0.3, 0.4) is 0 Å². The molecule has 1 amide bonds. The zero-order valence-corrected chi connectivity index (χ0v) is 17.8. The fourth-order valence-corrected chi connectivity index (χ4v) is 4.34. The van der Waals surface area contributed by atoms with Gasteiger partial charge in [0.05, 0.1) is 0 Å². The van der Waals surface area contributed by atoms with E-state index in [4.69, 9.17) is 0 Å². The van der Waals surface area contributed by atoms with Crippen molar-refractivity contribution in [3.63, 3.8) is 0 Å². The minimum Gasteiger partial charge on any atom is -0.322 e. The Hall–Kier alpha value is -3.38. The Morgan fingerprint density at radius 2 is 1.58 bits per heavy atom. The molecule has 0 atom stereocenters. The van der Waals surface area contributed by atoms with Gasteiger partial charge in [0.25, 0.3) is 5.91 Å². The van der Waals surface area contributed by atoms with Gasteiger partial charge in [-0.3, -0.25) is 9.36 Å². The summed E-state index contributed by atoms with van der Waals surface area (Å²) in [7, 11) is 0. The molecule has 0 saturated heterocycles. The highest BCUT2D eigenvalue weighted by Crippen LogP contribution is 2.41. The summed E-state index contributed by atoms with van der Waals surface area (Å²) >= 11 is 1.67. The second-order valence-electron chi connectivity index (χ2n) is 7.59. The quantitative estimate of drug-likeness (QED) is 0.386. The van der Waals surface area contributed by atoms with Gasteiger partial charge in [0.2, 0.25) is 0 Å². The number of carbonyl (C=O) groups excluding carboxylic acids is 1. The molecule has 3 aromatic carbocycles. The molecule has 0 spiro atoms. The molecule has 1 saturated carbocycles. The third-order valence-electron chi connectivity index (χ3n) is 5.23. The Bertz CT molecular complexity index is 1170. The van der Waals surface area contributed by atoms with Crippen LogP contribution in [0.4, 0.5) is 5.69 Å². The first-order valence-electron chi connectivity index (χ1n) is 10.4. The summed E-state index contributed by atoms with van der Waals surface area (Å²) in [5, 5.41) is 12.8. The van der Waals surface area contributed by atoms with Crippen LogP contribution in [0.5, 0.6) is 0 Å². The van der Waals surface area contributed by atoms with Crippen LogP contribution >= 0.6 is 11.8 Å². The van der Waals surface area contributed by atoms with Crippen LogP contribution in [0.1, 0.15) is 40.5 Å². The summed E-state index contributed by atoms with van der Waals surface area (Å²) in [5.41, 5.74) is 3.67. The highest BCUT2D eigenvalue weighted by Gasteiger charge is 2.31. The standard InChI is InChI=1S/C25H22N4OS/c30-24(26-21-7-3-1-4-8-21)20-13-11-18(12-14-20)17-31-25-28-27-23(19-15-16-19)29(25)22-9-5-2-6-10-22/h1-14,19H,15-17H2,(H,26,30). The lowest BCUT2D eigenvalue weighted by Gasteiger charge is -2.10. The normalized spacial score (nSPS) is 13.2. The number of nitrogens with one attached hydrogen (secondary N) is 1. The number of hydrogen-bond donors (Lipinski definition) is 1. The maximum atomic E-state index is 12.4. The van der Waals surface area contributed by atoms with E-state index in [0.29, 0.717) is 11.5 Å². The van der Waals surface area contributed by atoms with Crippen LogP contribution in [0, 0.1) is 0 Å². The van der Waals surface area contributed by atoms with Gasteiger partial charge in [-0.25, -0.2) is 0 Å². The van der Waals surface area contributed by atoms with Gasteiger partial charge in [0, 0.05) is 28.6 Å². The number of rotatable bonds is 7. The van der Waals surface area contributed by atoms with Crippen molar-refractivity contribution in [1.29, 1.82) is 0 Å². The van der Waals surface area contributed by atoms with Crippen molar-refractivity contribution < 1.29 is 4.79 Å². The molecule has 154 valence electrons. The molecule has 1 N–H and O–H groups in total. The van der Waals surface area contributed by atoms with Crippen LogP contribution in [-0.2, 0) is 5.75 Å². The fourth-order valence-electron chi connectivity index (χ4n) is 3.43. The third-order valence-corrected chi connectivity index (χ3v) is 6.23. The Labute approximate surface area is 185 Å². The van der Waals surface area contributed by atoms with E-state index in [-0.39, 0.29) is 5.91 Å². The number of thioether (sulfide) groups is 1. The van der Waals surface area contributed by atoms with Gasteiger partial charge in [-0.05, 0) is 54.8 Å². The molecule has 5 nitrogen and oxygen atoms in total. The van der Waals surface area contributed by atoms with Crippen molar-refractivity contribution in [2.75, 3.05) is 5.32 Å². The first kappa shape index (κ1) is 19.6. The van der Waals surface area contributed by atoms with E-state index in [9.17, 15) is 4.79 Å². The summed E-state index contributed by atoms with van der Waals surface area (Å²) in [6.45, 7) is 0. The maximum absolute atomic E-state index is 12.4. The highest BCUT2D eigenvalue weighted by atomic mass is 32.2. The van der Waals surface area contributed by atoms with Crippen molar-refractivity contribution in [2.45, 2.75) is 29.7 Å². The van der Waals surface area contributed by atoms with Gasteiger partial charge in [0.15, 0.2) is 5.16 Å². The Balaban J connectivity index is 1.28. The second-order valence-corrected chi connectivity index (χ2v) is 8.53. The van der Waals surface area contributed by atoms with E-state index >= 15 is 0 Å². The molecule has 5 rings (SSSR count). The first-order chi connectivity index (χ1) is 15.3. The third kappa shape index (κ3) is 4.54. The molecule has 1 fully saturated rings. The topological polar surface area (TPSA) is 59.8 Å². The molecule has 0 radical (unpaired) electrons. The van der Waals surface area contributed by atoms with Crippen LogP contribution in [0.15, 0.2) is 90.1 Å². The monoisotopic (exact) mass is 426 g/mol. The van der Waals surface area contributed by atoms with Crippen LogP contribution in [0.25, 0.3) is 5.69 Å². The van der Waals surface area contributed by atoms with Crippen LogP contribution in [0.2, 0.25) is 0 Å². The molecule has 0 unspecified atom stereocenters. The number of nitrogens with zero attached hydrogens (tertiary/aromatic N) is 3. The average Bonchev–Trinajstić information content (AvgIpc) is 3.58. The first-order valence-corrected chi connectivity index (χ1v) is 11.4. The molecular formula is C25H22N4OS. The summed E-state index contributed by atoms with van der Waals surface area (Å²) in [6, 6.07) is 27.5. The molecule has 6 heteroatoms. The van der Waals surface area contributed by atoms with Crippen molar-refractivity contribution in [2.24, 2.45) is 0 Å². The molecule has 1 aromatic heterocycles. The van der Waals surface area contributed by atoms with E-state index in [2.05, 4.69) is 32.2 Å². The Morgan fingerprint density at radius 1 is 0.903 bits per heavy atom. The molecule has 4 aromatic rings. The molecule has 1 aliphatic rings. The second kappa shape index (κ2) is 8.78. The predicted octanol–water partition coefficient (Wildman–Crippen LogP) is 5.69. The van der Waals surface area contributed by atoms with Crippen molar-refractivity contribution in [1.82, 2.24) is 14.8 Å². The number of carbonyl (C=O) groups is 1. The van der Waals surface area contributed by atoms with Crippen molar-refractivity contribution in [3.8, 4) is 5.69 Å². The summed E-state index contributed by atoms with van der Waals surface area (Å²) in [6.07, 6.45) is 2.37. The fraction of sp³-hybridized carbons (Fsp3) is 0.160. The summed E-state index contributed by atoms with van der Waals surface area (Å²) in [4.78, 5) is 12.4. The number of para-hydroxylation sites is 2. The summed E-state index contributed by atoms with van der Waals surface area (Å²) in [5.74, 6) is 2.23. The number of benzene rings is 3. The van der Waals surface area contributed by atoms with Crippen molar-refractivity contribution >= 4 is 23.4 Å². The lowest BCUT2D eigenvalue weighted by atomic mass is 10.1. The van der Waals surface area contributed by atoms with Crippen LogP contribution < -0.4 is 5.32 Å². The van der Waals surface area contributed by atoms with Gasteiger partial charge in [-0.15, -0.1) is 10.2 Å². The molecule has 0 bridgehead atoms. The minimum absolute atomic E-state index is 0.108. The zero-order valence-electron chi connectivity index (χ0n) is 16.9. The van der Waals surface area contributed by atoms with Gasteiger partial charge in [0.1, 0.15) is 5.82 Å². The Kier molecular flexibility index (Phi) is 5.54. The predicted molar refractivity (Wildman–Crippen MR) is 124 cm³/mol. The van der Waals surface area contributed by atoms with Gasteiger partial charge >= 0.3 is 0 Å². The van der Waals surface area contributed by atoms with Crippen LogP contribution in [-0.4, -0.2) is 20.7 Å². The summed E-state index contributed by atoms with van der Waals surface area (Å²) < 4.78 is 2.18. The zero-order chi connectivity index (χ0) is 21.0. The molecule has 0 aliphatic heterocycles.